The van der Waals surface area contributed by atoms with Crippen LogP contribution >= 0.6 is 0 Å². The van der Waals surface area contributed by atoms with Gasteiger partial charge in [0.1, 0.15) is 17.6 Å². The number of carbonyl (C=O) groups is 3. The maximum atomic E-state index is 14.5. The number of amides is 4. The van der Waals surface area contributed by atoms with Gasteiger partial charge in [-0.25, -0.2) is 14.2 Å². The Kier molecular flexibility index (Phi) is 8.95. The summed E-state index contributed by atoms with van der Waals surface area (Å²) >= 11 is 0. The van der Waals surface area contributed by atoms with Crippen LogP contribution in [0, 0.1) is 11.2 Å². The SMILES string of the molecule is COc1cccc(N(C(N)=O)C2CC(c3ccccc3)CC(c3cccc(F)c3)N(NC(=O)CC(C)(C)C)C2=O)c1. The summed E-state index contributed by atoms with van der Waals surface area (Å²) in [6, 6.07) is 19.8. The van der Waals surface area contributed by atoms with Gasteiger partial charge in [-0.3, -0.25) is 19.9 Å². The number of carbonyl (C=O) groups excluding carboxylic acids is 3. The summed E-state index contributed by atoms with van der Waals surface area (Å²) in [4.78, 5) is 42.0. The molecule has 0 bridgehead atoms. The first-order valence-corrected chi connectivity index (χ1v) is 13.6. The van der Waals surface area contributed by atoms with Crippen molar-refractivity contribution in [2.24, 2.45) is 11.1 Å². The number of rotatable bonds is 7. The number of urea groups is 1. The zero-order valence-corrected chi connectivity index (χ0v) is 23.8. The van der Waals surface area contributed by atoms with Crippen LogP contribution in [0.2, 0.25) is 0 Å². The van der Waals surface area contributed by atoms with Crippen LogP contribution in [0.1, 0.15) is 63.1 Å². The van der Waals surface area contributed by atoms with Gasteiger partial charge in [0.25, 0.3) is 5.91 Å². The van der Waals surface area contributed by atoms with Gasteiger partial charge in [0.05, 0.1) is 18.8 Å². The van der Waals surface area contributed by atoms with Crippen LogP contribution in [-0.2, 0) is 9.59 Å². The number of benzene rings is 3. The van der Waals surface area contributed by atoms with E-state index in [0.29, 0.717) is 23.4 Å². The van der Waals surface area contributed by atoms with Gasteiger partial charge in [0.2, 0.25) is 5.91 Å². The third kappa shape index (κ3) is 7.22. The van der Waals surface area contributed by atoms with Crippen molar-refractivity contribution >= 4 is 23.5 Å². The van der Waals surface area contributed by atoms with Crippen LogP contribution < -0.4 is 20.8 Å². The van der Waals surface area contributed by atoms with Crippen LogP contribution in [0.5, 0.6) is 5.75 Å². The Morgan fingerprint density at radius 1 is 1.00 bits per heavy atom. The number of hydrazine groups is 1. The molecule has 3 aromatic carbocycles. The summed E-state index contributed by atoms with van der Waals surface area (Å²) in [6.07, 6.45) is 0.742. The van der Waals surface area contributed by atoms with Gasteiger partial charge in [-0.1, -0.05) is 69.3 Å². The number of nitrogens with zero attached hydrogens (tertiary/aromatic N) is 2. The van der Waals surface area contributed by atoms with E-state index in [4.69, 9.17) is 10.5 Å². The van der Waals surface area contributed by atoms with Gasteiger partial charge in [0.15, 0.2) is 0 Å². The molecule has 41 heavy (non-hydrogen) atoms. The number of anilines is 1. The molecule has 1 heterocycles. The number of methoxy groups -OCH3 is 1. The highest BCUT2D eigenvalue weighted by Crippen LogP contribution is 2.41. The molecule has 4 rings (SSSR count). The Morgan fingerprint density at radius 2 is 1.68 bits per heavy atom. The highest BCUT2D eigenvalue weighted by atomic mass is 19.1. The number of primary amides is 1. The number of nitrogens with two attached hydrogens (primary N) is 1. The van der Waals surface area contributed by atoms with Gasteiger partial charge in [-0.2, -0.15) is 0 Å². The van der Waals surface area contributed by atoms with Gasteiger partial charge in [0, 0.05) is 12.5 Å². The molecule has 3 N–H and O–H groups in total. The summed E-state index contributed by atoms with van der Waals surface area (Å²) < 4.78 is 19.8. The molecular formula is C32H37FN4O4. The minimum Gasteiger partial charge on any atom is -0.497 e. The first-order valence-electron chi connectivity index (χ1n) is 13.6. The second-order valence-electron chi connectivity index (χ2n) is 11.6. The molecule has 1 fully saturated rings. The fourth-order valence-electron chi connectivity index (χ4n) is 5.38. The molecule has 0 aliphatic carbocycles. The molecule has 1 aliphatic heterocycles. The molecule has 3 aromatic rings. The molecule has 9 heteroatoms. The zero-order valence-electron chi connectivity index (χ0n) is 23.8. The van der Waals surface area contributed by atoms with E-state index in [1.54, 1.807) is 36.4 Å². The smallest absolute Gasteiger partial charge is 0.320 e. The summed E-state index contributed by atoms with van der Waals surface area (Å²) in [5, 5.41) is 1.27. The molecule has 0 saturated carbocycles. The van der Waals surface area contributed by atoms with Crippen molar-refractivity contribution in [1.29, 1.82) is 0 Å². The quantitative estimate of drug-likeness (QED) is 0.387. The average molecular weight is 561 g/mol. The van der Waals surface area contributed by atoms with Crippen molar-refractivity contribution in [3.8, 4) is 5.75 Å². The molecule has 1 aliphatic rings. The standard InChI is InChI=1S/C32H37FN4O4/c1-32(2,3)20-29(38)35-37-27(22-12-8-13-24(33)16-22)17-23(21-10-6-5-7-11-21)18-28(30(37)39)36(31(34)40)25-14-9-15-26(19-25)41-4/h5-16,19,23,27-28H,17-18,20H2,1-4H3,(H2,34,40)(H,35,38). The lowest BCUT2D eigenvalue weighted by Gasteiger charge is -2.35. The van der Waals surface area contributed by atoms with E-state index in [9.17, 15) is 18.8 Å². The van der Waals surface area contributed by atoms with Crippen LogP contribution in [0.3, 0.4) is 0 Å². The average Bonchev–Trinajstić information content (AvgIpc) is 3.05. The molecule has 216 valence electrons. The number of hydrogen-bond donors (Lipinski definition) is 2. The molecule has 0 spiro atoms. The molecule has 1 saturated heterocycles. The fraction of sp³-hybridized carbons (Fsp3) is 0.344. The zero-order chi connectivity index (χ0) is 29.7. The summed E-state index contributed by atoms with van der Waals surface area (Å²) in [5.41, 5.74) is 10.3. The minimum absolute atomic E-state index is 0.148. The van der Waals surface area contributed by atoms with E-state index < -0.39 is 29.8 Å². The monoisotopic (exact) mass is 560 g/mol. The Labute approximate surface area is 240 Å². The van der Waals surface area contributed by atoms with Crippen LogP contribution in [0.15, 0.2) is 78.9 Å². The van der Waals surface area contributed by atoms with E-state index in [0.717, 1.165) is 5.56 Å². The van der Waals surface area contributed by atoms with E-state index >= 15 is 0 Å². The maximum absolute atomic E-state index is 14.5. The number of ether oxygens (including phenoxy) is 1. The first-order chi connectivity index (χ1) is 19.5. The van der Waals surface area contributed by atoms with Gasteiger partial charge < -0.3 is 10.5 Å². The van der Waals surface area contributed by atoms with E-state index in [-0.39, 0.29) is 30.1 Å². The summed E-state index contributed by atoms with van der Waals surface area (Å²) in [5.74, 6) is -1.10. The normalized spacial score (nSPS) is 19.3. The molecule has 3 unspecified atom stereocenters. The van der Waals surface area contributed by atoms with E-state index in [1.807, 2.05) is 51.1 Å². The molecule has 0 aromatic heterocycles. The van der Waals surface area contributed by atoms with Crippen molar-refractivity contribution < 1.29 is 23.5 Å². The third-order valence-electron chi connectivity index (χ3n) is 7.17. The summed E-state index contributed by atoms with van der Waals surface area (Å²) in [6.45, 7) is 5.77. The number of nitrogens with one attached hydrogen (secondary N) is 1. The lowest BCUT2D eigenvalue weighted by Crippen LogP contribution is -2.57. The molecular weight excluding hydrogens is 523 g/mol. The topological polar surface area (TPSA) is 105 Å². The third-order valence-corrected chi connectivity index (χ3v) is 7.17. The minimum atomic E-state index is -1.07. The Balaban J connectivity index is 1.87. The van der Waals surface area contributed by atoms with E-state index in [1.165, 1.54) is 29.2 Å². The predicted molar refractivity (Wildman–Crippen MR) is 155 cm³/mol. The maximum Gasteiger partial charge on any atom is 0.320 e. The van der Waals surface area contributed by atoms with Crippen molar-refractivity contribution in [2.75, 3.05) is 12.0 Å². The number of hydrogen-bond acceptors (Lipinski definition) is 4. The van der Waals surface area contributed by atoms with Crippen molar-refractivity contribution in [1.82, 2.24) is 10.4 Å². The van der Waals surface area contributed by atoms with Gasteiger partial charge in [-0.15, -0.1) is 0 Å². The number of halogens is 1. The van der Waals surface area contributed by atoms with Crippen molar-refractivity contribution in [3.05, 3.63) is 95.8 Å². The second-order valence-corrected chi connectivity index (χ2v) is 11.6. The first kappa shape index (κ1) is 29.6. The summed E-state index contributed by atoms with van der Waals surface area (Å²) in [7, 11) is 1.51. The van der Waals surface area contributed by atoms with Crippen LogP contribution in [0.25, 0.3) is 0 Å². The highest BCUT2D eigenvalue weighted by Gasteiger charge is 2.43. The van der Waals surface area contributed by atoms with Crippen LogP contribution in [-0.4, -0.2) is 36.0 Å². The second kappa shape index (κ2) is 12.4. The Hall–Kier alpha value is -4.40. The highest BCUT2D eigenvalue weighted by molar-refractivity contribution is 6.00. The Bertz CT molecular complexity index is 1390. The van der Waals surface area contributed by atoms with Crippen LogP contribution in [0.4, 0.5) is 14.9 Å². The molecule has 8 nitrogen and oxygen atoms in total. The van der Waals surface area contributed by atoms with E-state index in [2.05, 4.69) is 5.43 Å². The lowest BCUT2D eigenvalue weighted by atomic mass is 9.86. The van der Waals surface area contributed by atoms with Crippen molar-refractivity contribution in [2.45, 2.75) is 58.0 Å². The molecule has 0 radical (unpaired) electrons. The Morgan fingerprint density at radius 3 is 2.32 bits per heavy atom. The fourth-order valence-corrected chi connectivity index (χ4v) is 5.38. The van der Waals surface area contributed by atoms with Gasteiger partial charge in [-0.05, 0) is 59.6 Å². The van der Waals surface area contributed by atoms with Gasteiger partial charge >= 0.3 is 6.03 Å². The lowest BCUT2D eigenvalue weighted by molar-refractivity contribution is -0.145. The molecule has 3 atom stereocenters. The molecule has 4 amide bonds. The van der Waals surface area contributed by atoms with Crippen molar-refractivity contribution in [3.63, 3.8) is 0 Å². The largest absolute Gasteiger partial charge is 0.497 e. The predicted octanol–water partition coefficient (Wildman–Crippen LogP) is 5.70.